The second-order valence-electron chi connectivity index (χ2n) is 12.2. The van der Waals surface area contributed by atoms with Crippen molar-refractivity contribution in [3.63, 3.8) is 0 Å². The van der Waals surface area contributed by atoms with Crippen LogP contribution in [0.4, 0.5) is 4.79 Å². The van der Waals surface area contributed by atoms with E-state index in [0.717, 1.165) is 25.7 Å². The number of urea groups is 1. The molecule has 2 amide bonds. The summed E-state index contributed by atoms with van der Waals surface area (Å²) in [5.74, 6) is -1.42. The minimum absolute atomic E-state index is 0.0511. The second kappa shape index (κ2) is 16.9. The Hall–Kier alpha value is -1.34. The third-order valence-electron chi connectivity index (χ3n) is 9.11. The van der Waals surface area contributed by atoms with Crippen LogP contribution in [0.2, 0.25) is 0 Å². The molecule has 1 unspecified atom stereocenters. The lowest BCUT2D eigenvalue weighted by Gasteiger charge is -2.36. The number of hydrogen-bond donors (Lipinski definition) is 6. The number of amides is 2. The van der Waals surface area contributed by atoms with Crippen LogP contribution in [0.3, 0.4) is 0 Å². The molecular weight excluding hydrogens is 518 g/mol. The normalized spacial score (nSPS) is 30.5. The van der Waals surface area contributed by atoms with Crippen molar-refractivity contribution >= 4 is 12.2 Å². The number of nitrogens with one attached hydrogen (secondary N) is 2. The molecule has 0 bridgehead atoms. The average molecular weight is 574 g/mol. The van der Waals surface area contributed by atoms with Gasteiger partial charge in [0, 0.05) is 50.7 Å². The van der Waals surface area contributed by atoms with Crippen LogP contribution in [0.15, 0.2) is 5.10 Å². The molecule has 234 valence electrons. The maximum atomic E-state index is 11.7. The molecule has 0 radical (unpaired) electrons. The van der Waals surface area contributed by atoms with Gasteiger partial charge in [0.2, 0.25) is 0 Å². The number of hydrogen-bond acceptors (Lipinski definition) is 9. The second-order valence-corrected chi connectivity index (χ2v) is 12.2. The summed E-state index contributed by atoms with van der Waals surface area (Å²) >= 11 is 0. The first-order chi connectivity index (χ1) is 18.9. The standard InChI is InChI=1S/C29H55N3O8/c1-16(8-9-22-14-23(38-6)12-17(2)40-22)27(35)20(5)28(36)19(4)25(34)15-24(33)18(3)26(39-7)13-21-10-11-30-32-29(37)31-21/h11,16-28,33-36H,8-10,12-15H2,1-7H3,(H2,31,32,37)/t16-,17-,18-,19-,20-,21?,22-,23+,24-,25+,26-,27-,28-/m0/s1. The van der Waals surface area contributed by atoms with Gasteiger partial charge in [0.15, 0.2) is 0 Å². The summed E-state index contributed by atoms with van der Waals surface area (Å²) in [6.45, 7) is 9.42. The fourth-order valence-electron chi connectivity index (χ4n) is 6.07. The minimum atomic E-state index is -0.980. The van der Waals surface area contributed by atoms with Gasteiger partial charge in [0.1, 0.15) is 0 Å². The van der Waals surface area contributed by atoms with Crippen LogP contribution in [0.1, 0.15) is 79.6 Å². The number of hydrazone groups is 1. The van der Waals surface area contributed by atoms with Gasteiger partial charge in [-0.2, -0.15) is 5.10 Å². The number of ether oxygens (including phenoxy) is 3. The highest BCUT2D eigenvalue weighted by Crippen LogP contribution is 2.31. The van der Waals surface area contributed by atoms with E-state index in [1.54, 1.807) is 34.3 Å². The van der Waals surface area contributed by atoms with Crippen LogP contribution in [0, 0.1) is 23.7 Å². The molecule has 2 aliphatic rings. The molecule has 0 aromatic carbocycles. The maximum Gasteiger partial charge on any atom is 0.335 e. The number of aliphatic hydroxyl groups excluding tert-OH is 4. The van der Waals surface area contributed by atoms with Gasteiger partial charge in [-0.3, -0.25) is 0 Å². The topological polar surface area (TPSA) is 162 Å². The molecule has 6 N–H and O–H groups in total. The molecule has 0 spiro atoms. The van der Waals surface area contributed by atoms with Gasteiger partial charge in [0.05, 0.1) is 48.8 Å². The van der Waals surface area contributed by atoms with E-state index < -0.39 is 36.3 Å². The zero-order valence-corrected chi connectivity index (χ0v) is 25.4. The van der Waals surface area contributed by atoms with Gasteiger partial charge in [-0.05, 0) is 51.4 Å². The summed E-state index contributed by atoms with van der Waals surface area (Å²) in [6, 6.07) is -0.586. The van der Waals surface area contributed by atoms with Crippen molar-refractivity contribution in [1.29, 1.82) is 0 Å². The Labute approximate surface area is 240 Å². The van der Waals surface area contributed by atoms with Crippen LogP contribution < -0.4 is 10.7 Å². The van der Waals surface area contributed by atoms with Crippen molar-refractivity contribution in [2.24, 2.45) is 28.8 Å². The van der Waals surface area contributed by atoms with Crippen LogP contribution in [0.5, 0.6) is 0 Å². The van der Waals surface area contributed by atoms with Crippen molar-refractivity contribution in [2.75, 3.05) is 14.2 Å². The first-order valence-electron chi connectivity index (χ1n) is 14.9. The SMILES string of the molecule is CO[C@H]1C[C@H](CC[C@H](C)[C@H](O)[C@H](C)[C@@H](O)[C@@H](C)[C@H](O)C[C@H](O)[C@H](C)[C@H](CC2CC=NNC(=O)N2)OC)O[C@@H](C)C1. The summed E-state index contributed by atoms with van der Waals surface area (Å²) in [5, 5.41) is 50.5. The van der Waals surface area contributed by atoms with E-state index in [4.69, 9.17) is 14.2 Å². The highest BCUT2D eigenvalue weighted by Gasteiger charge is 2.36. The quantitative estimate of drug-likeness (QED) is 0.164. The molecule has 2 rings (SSSR count). The lowest BCUT2D eigenvalue weighted by atomic mass is 9.79. The first-order valence-corrected chi connectivity index (χ1v) is 14.9. The summed E-state index contributed by atoms with van der Waals surface area (Å²) < 4.78 is 17.2. The Morgan fingerprint density at radius 3 is 2.35 bits per heavy atom. The fourth-order valence-corrected chi connectivity index (χ4v) is 6.07. The van der Waals surface area contributed by atoms with Gasteiger partial charge >= 0.3 is 6.03 Å². The molecule has 13 atom stereocenters. The van der Waals surface area contributed by atoms with E-state index in [1.165, 1.54) is 0 Å². The lowest BCUT2D eigenvalue weighted by molar-refractivity contribution is -0.105. The van der Waals surface area contributed by atoms with E-state index in [2.05, 4.69) is 22.8 Å². The van der Waals surface area contributed by atoms with Gasteiger partial charge in [0.25, 0.3) is 0 Å². The molecular formula is C29H55N3O8. The zero-order chi connectivity index (χ0) is 30.0. The molecule has 0 aliphatic carbocycles. The maximum absolute atomic E-state index is 11.7. The van der Waals surface area contributed by atoms with Gasteiger partial charge in [-0.1, -0.05) is 27.7 Å². The number of nitrogens with zero attached hydrogens (tertiary/aromatic N) is 1. The Morgan fingerprint density at radius 1 is 1.02 bits per heavy atom. The predicted molar refractivity (Wildman–Crippen MR) is 153 cm³/mol. The van der Waals surface area contributed by atoms with Gasteiger partial charge < -0.3 is 40.0 Å². The van der Waals surface area contributed by atoms with E-state index in [-0.39, 0.29) is 54.7 Å². The molecule has 11 heteroatoms. The highest BCUT2D eigenvalue weighted by atomic mass is 16.5. The molecule has 0 aromatic heterocycles. The van der Waals surface area contributed by atoms with E-state index >= 15 is 0 Å². The van der Waals surface area contributed by atoms with Crippen molar-refractivity contribution < 1.29 is 39.4 Å². The Morgan fingerprint density at radius 2 is 1.70 bits per heavy atom. The number of aliphatic hydroxyl groups is 4. The molecule has 2 aliphatic heterocycles. The molecule has 40 heavy (non-hydrogen) atoms. The lowest BCUT2D eigenvalue weighted by Crippen LogP contribution is -2.45. The minimum Gasteiger partial charge on any atom is -0.393 e. The number of rotatable bonds is 16. The Kier molecular flexibility index (Phi) is 14.8. The monoisotopic (exact) mass is 573 g/mol. The summed E-state index contributed by atoms with van der Waals surface area (Å²) in [5.41, 5.74) is 2.36. The molecule has 0 aromatic rings. The van der Waals surface area contributed by atoms with Crippen LogP contribution in [-0.4, -0.2) is 102 Å². The molecule has 11 nitrogen and oxygen atoms in total. The van der Waals surface area contributed by atoms with Crippen molar-refractivity contribution in [2.45, 2.75) is 134 Å². The fraction of sp³-hybridized carbons (Fsp3) is 0.931. The van der Waals surface area contributed by atoms with Gasteiger partial charge in [-0.25, -0.2) is 10.2 Å². The molecule has 0 saturated carbocycles. The van der Waals surface area contributed by atoms with E-state index in [9.17, 15) is 25.2 Å². The summed E-state index contributed by atoms with van der Waals surface area (Å²) in [6.07, 6.45) is 2.46. The summed E-state index contributed by atoms with van der Waals surface area (Å²) in [4.78, 5) is 11.7. The predicted octanol–water partition coefficient (Wildman–Crippen LogP) is 2.19. The number of methoxy groups -OCH3 is 2. The third kappa shape index (κ3) is 10.5. The molecule has 1 saturated heterocycles. The number of carbonyl (C=O) groups is 1. The van der Waals surface area contributed by atoms with Crippen molar-refractivity contribution in [3.8, 4) is 0 Å². The molecule has 2 heterocycles. The average Bonchev–Trinajstić information content (AvgIpc) is 3.15. The summed E-state index contributed by atoms with van der Waals surface area (Å²) in [7, 11) is 3.29. The molecule has 1 fully saturated rings. The smallest absolute Gasteiger partial charge is 0.335 e. The van der Waals surface area contributed by atoms with E-state index in [1.807, 2.05) is 13.8 Å². The third-order valence-corrected chi connectivity index (χ3v) is 9.11. The van der Waals surface area contributed by atoms with Crippen molar-refractivity contribution in [3.05, 3.63) is 0 Å². The first kappa shape index (κ1) is 34.9. The van der Waals surface area contributed by atoms with Crippen molar-refractivity contribution in [1.82, 2.24) is 10.7 Å². The Balaban J connectivity index is 1.85. The highest BCUT2D eigenvalue weighted by molar-refractivity contribution is 5.77. The largest absolute Gasteiger partial charge is 0.393 e. The van der Waals surface area contributed by atoms with E-state index in [0.29, 0.717) is 12.8 Å². The van der Waals surface area contributed by atoms with Gasteiger partial charge in [-0.15, -0.1) is 0 Å². The Bertz CT molecular complexity index is 774. The number of carbonyl (C=O) groups excluding carboxylic acids is 1. The van der Waals surface area contributed by atoms with Crippen LogP contribution >= 0.6 is 0 Å². The zero-order valence-electron chi connectivity index (χ0n) is 25.4. The van der Waals surface area contributed by atoms with Crippen LogP contribution in [-0.2, 0) is 14.2 Å². The van der Waals surface area contributed by atoms with Crippen LogP contribution in [0.25, 0.3) is 0 Å².